The maximum Gasteiger partial charge on any atom is 0.303 e. The number of benzene rings is 1. The first-order valence-corrected chi connectivity index (χ1v) is 6.95. The molecule has 0 saturated carbocycles. The van der Waals surface area contributed by atoms with Crippen molar-refractivity contribution in [2.75, 3.05) is 6.54 Å². The van der Waals surface area contributed by atoms with Crippen LogP contribution >= 0.6 is 0 Å². The molecule has 2 aromatic rings. The molecule has 1 aromatic carbocycles. The summed E-state index contributed by atoms with van der Waals surface area (Å²) in [6.45, 7) is 4.03. The molecule has 0 aliphatic rings. The Morgan fingerprint density at radius 3 is 2.64 bits per heavy atom. The van der Waals surface area contributed by atoms with Crippen molar-refractivity contribution in [1.29, 1.82) is 0 Å². The molecule has 0 aliphatic heterocycles. The number of aryl methyl sites for hydroxylation is 1. The molecule has 0 fully saturated rings. The third kappa shape index (κ3) is 4.15. The lowest BCUT2D eigenvalue weighted by Crippen LogP contribution is -2.29. The standard InChI is InChI=1S/C15H18N4O3/c1-10-3-5-12(6-4-10)19-9-13(17-18-19)15(22)16-8-11(2)7-14(20)21/h3-6,9,11H,7-8H2,1-2H3,(H,16,22)(H,20,21). The summed E-state index contributed by atoms with van der Waals surface area (Å²) in [7, 11) is 0. The molecule has 1 aromatic heterocycles. The Bertz CT molecular complexity index is 664. The summed E-state index contributed by atoms with van der Waals surface area (Å²) in [4.78, 5) is 22.5. The fourth-order valence-electron chi connectivity index (χ4n) is 1.92. The van der Waals surface area contributed by atoms with E-state index < -0.39 is 5.97 Å². The zero-order valence-corrected chi connectivity index (χ0v) is 12.5. The number of nitrogens with zero attached hydrogens (tertiary/aromatic N) is 3. The molecule has 0 spiro atoms. The van der Waals surface area contributed by atoms with Gasteiger partial charge >= 0.3 is 5.97 Å². The summed E-state index contributed by atoms with van der Waals surface area (Å²) < 4.78 is 1.52. The van der Waals surface area contributed by atoms with Gasteiger partial charge in [-0.25, -0.2) is 4.68 Å². The van der Waals surface area contributed by atoms with E-state index in [2.05, 4.69) is 15.6 Å². The Balaban J connectivity index is 1.97. The van der Waals surface area contributed by atoms with E-state index >= 15 is 0 Å². The van der Waals surface area contributed by atoms with Crippen LogP contribution in [0.25, 0.3) is 5.69 Å². The van der Waals surface area contributed by atoms with E-state index in [1.165, 1.54) is 4.68 Å². The van der Waals surface area contributed by atoms with E-state index in [9.17, 15) is 9.59 Å². The van der Waals surface area contributed by atoms with Crippen LogP contribution in [0.3, 0.4) is 0 Å². The summed E-state index contributed by atoms with van der Waals surface area (Å²) in [5, 5.41) is 19.1. The van der Waals surface area contributed by atoms with E-state index in [-0.39, 0.29) is 30.5 Å². The van der Waals surface area contributed by atoms with Crippen molar-refractivity contribution in [3.05, 3.63) is 41.7 Å². The van der Waals surface area contributed by atoms with Gasteiger partial charge in [0.25, 0.3) is 5.91 Å². The molecule has 0 saturated heterocycles. The molecule has 1 atom stereocenters. The molecule has 2 N–H and O–H groups in total. The average molecular weight is 302 g/mol. The second-order valence-electron chi connectivity index (χ2n) is 5.30. The Morgan fingerprint density at radius 1 is 1.32 bits per heavy atom. The van der Waals surface area contributed by atoms with Crippen molar-refractivity contribution >= 4 is 11.9 Å². The quantitative estimate of drug-likeness (QED) is 0.841. The van der Waals surface area contributed by atoms with Crippen LogP contribution in [-0.4, -0.2) is 38.5 Å². The zero-order chi connectivity index (χ0) is 16.1. The van der Waals surface area contributed by atoms with Gasteiger partial charge in [-0.1, -0.05) is 29.8 Å². The van der Waals surface area contributed by atoms with Gasteiger partial charge in [0.05, 0.1) is 11.9 Å². The lowest BCUT2D eigenvalue weighted by atomic mass is 10.1. The van der Waals surface area contributed by atoms with Crippen LogP contribution < -0.4 is 5.32 Å². The van der Waals surface area contributed by atoms with Crippen LogP contribution in [0, 0.1) is 12.8 Å². The fourth-order valence-corrected chi connectivity index (χ4v) is 1.92. The highest BCUT2D eigenvalue weighted by atomic mass is 16.4. The van der Waals surface area contributed by atoms with Crippen LogP contribution in [0.1, 0.15) is 29.4 Å². The third-order valence-corrected chi connectivity index (χ3v) is 3.16. The van der Waals surface area contributed by atoms with Gasteiger partial charge in [0.2, 0.25) is 0 Å². The minimum atomic E-state index is -0.882. The van der Waals surface area contributed by atoms with Crippen molar-refractivity contribution in [3.63, 3.8) is 0 Å². The van der Waals surface area contributed by atoms with Gasteiger partial charge in [0.15, 0.2) is 5.69 Å². The number of hydrogen-bond acceptors (Lipinski definition) is 4. The molecule has 1 heterocycles. The Morgan fingerprint density at radius 2 is 2.00 bits per heavy atom. The van der Waals surface area contributed by atoms with Gasteiger partial charge < -0.3 is 10.4 Å². The molecule has 7 heteroatoms. The van der Waals surface area contributed by atoms with E-state index in [1.54, 1.807) is 13.1 Å². The highest BCUT2D eigenvalue weighted by molar-refractivity contribution is 5.91. The van der Waals surface area contributed by atoms with Crippen molar-refractivity contribution in [3.8, 4) is 5.69 Å². The second kappa shape index (κ2) is 6.84. The predicted molar refractivity (Wildman–Crippen MR) is 79.8 cm³/mol. The minimum Gasteiger partial charge on any atom is -0.481 e. The molecule has 1 unspecified atom stereocenters. The Hall–Kier alpha value is -2.70. The molecule has 22 heavy (non-hydrogen) atoms. The van der Waals surface area contributed by atoms with Crippen LogP contribution in [0.4, 0.5) is 0 Å². The molecule has 0 bridgehead atoms. The van der Waals surface area contributed by atoms with Crippen molar-refractivity contribution in [2.24, 2.45) is 5.92 Å². The lowest BCUT2D eigenvalue weighted by Gasteiger charge is -2.08. The number of carbonyl (C=O) groups is 2. The maximum absolute atomic E-state index is 12.0. The van der Waals surface area contributed by atoms with Crippen LogP contribution in [0.5, 0.6) is 0 Å². The van der Waals surface area contributed by atoms with Gasteiger partial charge in [0.1, 0.15) is 0 Å². The molecular weight excluding hydrogens is 284 g/mol. The minimum absolute atomic E-state index is 0.0103. The average Bonchev–Trinajstić information content (AvgIpc) is 2.94. The van der Waals surface area contributed by atoms with E-state index in [4.69, 9.17) is 5.11 Å². The largest absolute Gasteiger partial charge is 0.481 e. The van der Waals surface area contributed by atoms with Crippen molar-refractivity contribution in [1.82, 2.24) is 20.3 Å². The fraction of sp³-hybridized carbons (Fsp3) is 0.333. The number of carbonyl (C=O) groups excluding carboxylic acids is 1. The first kappa shape index (κ1) is 15.7. The number of amides is 1. The summed E-state index contributed by atoms with van der Waals surface area (Å²) in [6.07, 6.45) is 1.55. The topological polar surface area (TPSA) is 97.1 Å². The van der Waals surface area contributed by atoms with E-state index in [1.807, 2.05) is 31.2 Å². The van der Waals surface area contributed by atoms with Crippen LogP contribution in [0.2, 0.25) is 0 Å². The van der Waals surface area contributed by atoms with Gasteiger partial charge in [-0.15, -0.1) is 5.10 Å². The number of nitrogens with one attached hydrogen (secondary N) is 1. The van der Waals surface area contributed by atoms with Crippen molar-refractivity contribution < 1.29 is 14.7 Å². The number of rotatable bonds is 6. The predicted octanol–water partition coefficient (Wildman–Crippen LogP) is 1.42. The lowest BCUT2D eigenvalue weighted by molar-refractivity contribution is -0.137. The monoisotopic (exact) mass is 302 g/mol. The smallest absolute Gasteiger partial charge is 0.303 e. The first-order valence-electron chi connectivity index (χ1n) is 6.95. The number of carboxylic acids is 1. The zero-order valence-electron chi connectivity index (χ0n) is 12.5. The Labute approximate surface area is 128 Å². The highest BCUT2D eigenvalue weighted by Crippen LogP contribution is 2.08. The third-order valence-electron chi connectivity index (χ3n) is 3.16. The highest BCUT2D eigenvalue weighted by Gasteiger charge is 2.14. The van der Waals surface area contributed by atoms with Crippen LogP contribution in [-0.2, 0) is 4.79 Å². The van der Waals surface area contributed by atoms with Gasteiger partial charge in [0, 0.05) is 13.0 Å². The van der Waals surface area contributed by atoms with Gasteiger partial charge in [-0.3, -0.25) is 9.59 Å². The van der Waals surface area contributed by atoms with Gasteiger partial charge in [-0.2, -0.15) is 0 Å². The molecule has 2 rings (SSSR count). The normalized spacial score (nSPS) is 11.9. The number of hydrogen-bond donors (Lipinski definition) is 2. The molecule has 1 amide bonds. The number of aromatic nitrogens is 3. The van der Waals surface area contributed by atoms with E-state index in [0.29, 0.717) is 0 Å². The maximum atomic E-state index is 12.0. The first-order chi connectivity index (χ1) is 10.5. The molecule has 0 radical (unpaired) electrons. The number of carboxylic acid groups (broad SMARTS) is 1. The summed E-state index contributed by atoms with van der Waals surface area (Å²) in [5.41, 5.74) is 2.15. The molecule has 116 valence electrons. The summed E-state index contributed by atoms with van der Waals surface area (Å²) in [5.74, 6) is -1.39. The molecule has 7 nitrogen and oxygen atoms in total. The SMILES string of the molecule is Cc1ccc(-n2cc(C(=O)NCC(C)CC(=O)O)nn2)cc1. The van der Waals surface area contributed by atoms with Gasteiger partial charge in [-0.05, 0) is 25.0 Å². The summed E-state index contributed by atoms with van der Waals surface area (Å²) in [6, 6.07) is 7.68. The second-order valence-corrected chi connectivity index (χ2v) is 5.30. The molecule has 0 aliphatic carbocycles. The summed E-state index contributed by atoms with van der Waals surface area (Å²) >= 11 is 0. The molecular formula is C15H18N4O3. The Kier molecular flexibility index (Phi) is 4.88. The van der Waals surface area contributed by atoms with E-state index in [0.717, 1.165) is 11.3 Å². The van der Waals surface area contributed by atoms with Crippen molar-refractivity contribution in [2.45, 2.75) is 20.3 Å². The number of aliphatic carboxylic acids is 1. The van der Waals surface area contributed by atoms with Crippen LogP contribution in [0.15, 0.2) is 30.5 Å².